The number of nitrogens with two attached hydrogens (primary N) is 1. The van der Waals surface area contributed by atoms with E-state index in [9.17, 15) is 0 Å². The molecule has 0 bridgehead atoms. The molecule has 8 heteroatoms. The third-order valence-electron chi connectivity index (χ3n) is 2.99. The van der Waals surface area contributed by atoms with Crippen LogP contribution in [0.25, 0.3) is 0 Å². The van der Waals surface area contributed by atoms with Crippen molar-refractivity contribution in [2.75, 3.05) is 0 Å². The second kappa shape index (κ2) is 4.88. The molecule has 0 saturated heterocycles. The molecule has 19 heavy (non-hydrogen) atoms. The Morgan fingerprint density at radius 2 is 2.37 bits per heavy atom. The summed E-state index contributed by atoms with van der Waals surface area (Å²) in [6.07, 6.45) is 4.48. The Bertz CT molecular complexity index is 624. The minimum absolute atomic E-state index is 0.0595. The topological polar surface area (TPSA) is 113 Å². The zero-order chi connectivity index (χ0) is 13.2. The van der Waals surface area contributed by atoms with Crippen molar-refractivity contribution in [3.63, 3.8) is 0 Å². The van der Waals surface area contributed by atoms with Crippen molar-refractivity contribution in [2.24, 2.45) is 10.9 Å². The van der Waals surface area contributed by atoms with E-state index in [2.05, 4.69) is 25.3 Å². The Morgan fingerprint density at radius 1 is 1.47 bits per heavy atom. The van der Waals surface area contributed by atoms with Crippen molar-refractivity contribution >= 4 is 17.6 Å². The Hall–Kier alpha value is -2.09. The van der Waals surface area contributed by atoms with E-state index in [1.165, 1.54) is 23.7 Å². The summed E-state index contributed by atoms with van der Waals surface area (Å²) in [5, 5.41) is 19.8. The molecule has 0 spiro atoms. The van der Waals surface area contributed by atoms with Gasteiger partial charge in [-0.05, 0) is 42.7 Å². The normalized spacial score (nSPS) is 14.6. The van der Waals surface area contributed by atoms with E-state index >= 15 is 0 Å². The van der Waals surface area contributed by atoms with Gasteiger partial charge in [0.1, 0.15) is 11.4 Å². The minimum Gasteiger partial charge on any atom is -0.409 e. The summed E-state index contributed by atoms with van der Waals surface area (Å²) >= 11 is 1.32. The van der Waals surface area contributed by atoms with Crippen molar-refractivity contribution in [3.05, 3.63) is 29.2 Å². The van der Waals surface area contributed by atoms with E-state index in [1.54, 1.807) is 0 Å². The summed E-state index contributed by atoms with van der Waals surface area (Å²) in [6, 6.07) is 1.95. The van der Waals surface area contributed by atoms with Crippen LogP contribution in [0.1, 0.15) is 23.2 Å². The molecule has 0 aromatic carbocycles. The van der Waals surface area contributed by atoms with Gasteiger partial charge in [0, 0.05) is 5.69 Å². The van der Waals surface area contributed by atoms with Crippen LogP contribution in [0.5, 0.6) is 0 Å². The molecule has 98 valence electrons. The van der Waals surface area contributed by atoms with Crippen LogP contribution >= 0.6 is 11.8 Å². The van der Waals surface area contributed by atoms with E-state index in [0.717, 1.165) is 25.0 Å². The van der Waals surface area contributed by atoms with Gasteiger partial charge in [0.25, 0.3) is 0 Å². The molecule has 0 aliphatic heterocycles. The number of aromatic amines is 1. The highest BCUT2D eigenvalue weighted by molar-refractivity contribution is 7.99. The molecule has 2 aromatic rings. The quantitative estimate of drug-likeness (QED) is 0.333. The maximum Gasteiger partial charge on any atom is 0.189 e. The number of aromatic nitrogens is 4. The standard InChI is InChI=1S/C11H12N6OS/c12-9(17-18)7-4-6-2-1-3-8(6)15-10(7)19-11-13-5-14-16-11/h4-5,18H,1-3H2,(H2,12,17)(H,13,14,16). The number of rotatable bonds is 3. The van der Waals surface area contributed by atoms with Crippen molar-refractivity contribution in [1.82, 2.24) is 20.2 Å². The first kappa shape index (κ1) is 12.0. The van der Waals surface area contributed by atoms with Crippen LogP contribution < -0.4 is 5.73 Å². The molecular formula is C11H12N6OS. The first-order valence-electron chi connectivity index (χ1n) is 5.82. The highest BCUT2D eigenvalue weighted by Crippen LogP contribution is 2.30. The molecular weight excluding hydrogens is 264 g/mol. The number of H-pyrrole nitrogens is 1. The van der Waals surface area contributed by atoms with Crippen molar-refractivity contribution < 1.29 is 5.21 Å². The Morgan fingerprint density at radius 3 is 3.11 bits per heavy atom. The fourth-order valence-electron chi connectivity index (χ4n) is 2.10. The van der Waals surface area contributed by atoms with Crippen molar-refractivity contribution in [1.29, 1.82) is 0 Å². The van der Waals surface area contributed by atoms with Gasteiger partial charge in [0.2, 0.25) is 0 Å². The molecule has 0 saturated carbocycles. The summed E-state index contributed by atoms with van der Waals surface area (Å²) < 4.78 is 0. The SMILES string of the molecule is NC(=NO)c1cc2c(nc1Sc1ncn[nH]1)CCC2. The summed E-state index contributed by atoms with van der Waals surface area (Å²) in [7, 11) is 0. The lowest BCUT2D eigenvalue weighted by molar-refractivity contribution is 0.318. The number of hydrogen-bond donors (Lipinski definition) is 3. The van der Waals surface area contributed by atoms with Crippen LogP contribution in [0.2, 0.25) is 0 Å². The maximum atomic E-state index is 8.88. The molecule has 0 amide bonds. The molecule has 0 atom stereocenters. The van der Waals surface area contributed by atoms with Crippen LogP contribution in [0.3, 0.4) is 0 Å². The lowest BCUT2D eigenvalue weighted by atomic mass is 10.1. The lowest BCUT2D eigenvalue weighted by Crippen LogP contribution is -2.16. The number of pyridine rings is 1. The van der Waals surface area contributed by atoms with Gasteiger partial charge < -0.3 is 10.9 Å². The van der Waals surface area contributed by atoms with Crippen LogP contribution in [0, 0.1) is 0 Å². The van der Waals surface area contributed by atoms with Crippen molar-refractivity contribution in [3.8, 4) is 0 Å². The zero-order valence-electron chi connectivity index (χ0n) is 10.00. The fraction of sp³-hybridized carbons (Fsp3) is 0.273. The van der Waals surface area contributed by atoms with Gasteiger partial charge in [-0.15, -0.1) is 0 Å². The fourth-order valence-corrected chi connectivity index (χ4v) is 2.91. The van der Waals surface area contributed by atoms with E-state index in [4.69, 9.17) is 10.9 Å². The first-order valence-corrected chi connectivity index (χ1v) is 6.63. The minimum atomic E-state index is 0.0595. The Kier molecular flexibility index (Phi) is 3.08. The van der Waals surface area contributed by atoms with Crippen LogP contribution in [0.4, 0.5) is 0 Å². The molecule has 1 aliphatic rings. The predicted molar refractivity (Wildman–Crippen MR) is 69.3 cm³/mol. The summed E-state index contributed by atoms with van der Waals surface area (Å²) in [5.74, 6) is 0.0595. The molecule has 1 aliphatic carbocycles. The molecule has 2 aromatic heterocycles. The number of fused-ring (bicyclic) bond motifs is 1. The third-order valence-corrected chi connectivity index (χ3v) is 3.88. The van der Waals surface area contributed by atoms with Crippen molar-refractivity contribution in [2.45, 2.75) is 29.4 Å². The predicted octanol–water partition coefficient (Wildman–Crippen LogP) is 0.934. The average Bonchev–Trinajstić information content (AvgIpc) is 3.07. The second-order valence-corrected chi connectivity index (χ2v) is 5.16. The highest BCUT2D eigenvalue weighted by Gasteiger charge is 2.19. The smallest absolute Gasteiger partial charge is 0.189 e. The van der Waals surface area contributed by atoms with Gasteiger partial charge in [-0.25, -0.2) is 9.97 Å². The molecule has 2 heterocycles. The first-order chi connectivity index (χ1) is 9.28. The van der Waals surface area contributed by atoms with E-state index in [1.807, 2.05) is 6.07 Å². The largest absolute Gasteiger partial charge is 0.409 e. The number of aryl methyl sites for hydroxylation is 2. The van der Waals surface area contributed by atoms with Gasteiger partial charge >= 0.3 is 0 Å². The molecule has 0 fully saturated rings. The molecule has 0 radical (unpaired) electrons. The number of hydrogen-bond acceptors (Lipinski definition) is 6. The zero-order valence-corrected chi connectivity index (χ0v) is 10.8. The van der Waals surface area contributed by atoms with Gasteiger partial charge in [0.15, 0.2) is 11.0 Å². The summed E-state index contributed by atoms with van der Waals surface area (Å²) in [5.41, 5.74) is 8.60. The lowest BCUT2D eigenvalue weighted by Gasteiger charge is -2.08. The van der Waals surface area contributed by atoms with Gasteiger partial charge in [0.05, 0.1) is 5.56 Å². The highest BCUT2D eigenvalue weighted by atomic mass is 32.2. The number of amidine groups is 1. The number of nitrogens with zero attached hydrogens (tertiary/aromatic N) is 4. The van der Waals surface area contributed by atoms with E-state index < -0.39 is 0 Å². The van der Waals surface area contributed by atoms with Gasteiger partial charge in [-0.1, -0.05) is 5.16 Å². The Labute approximate surface area is 113 Å². The van der Waals surface area contributed by atoms with Crippen LogP contribution in [-0.4, -0.2) is 31.2 Å². The number of oxime groups is 1. The molecule has 7 nitrogen and oxygen atoms in total. The molecule has 4 N–H and O–H groups in total. The van der Waals surface area contributed by atoms with Crippen LogP contribution in [-0.2, 0) is 12.8 Å². The van der Waals surface area contributed by atoms with Crippen LogP contribution in [0.15, 0.2) is 27.7 Å². The number of nitrogens with one attached hydrogen (secondary N) is 1. The maximum absolute atomic E-state index is 8.88. The third kappa shape index (κ3) is 2.26. The molecule has 0 unspecified atom stereocenters. The monoisotopic (exact) mass is 276 g/mol. The molecule has 3 rings (SSSR count). The second-order valence-electron chi connectivity index (χ2n) is 4.18. The summed E-state index contributed by atoms with van der Waals surface area (Å²) in [6.45, 7) is 0. The van der Waals surface area contributed by atoms with E-state index in [-0.39, 0.29) is 5.84 Å². The van der Waals surface area contributed by atoms with E-state index in [0.29, 0.717) is 15.7 Å². The van der Waals surface area contributed by atoms with Gasteiger partial charge in [-0.2, -0.15) is 5.10 Å². The summed E-state index contributed by atoms with van der Waals surface area (Å²) in [4.78, 5) is 8.64. The van der Waals surface area contributed by atoms with Gasteiger partial charge in [-0.3, -0.25) is 5.10 Å². The Balaban J connectivity index is 2.05. The average molecular weight is 276 g/mol.